The minimum atomic E-state index is 0.671. The van der Waals surface area contributed by atoms with Crippen molar-refractivity contribution in [2.45, 2.75) is 11.8 Å². The quantitative estimate of drug-likeness (QED) is 0.571. The molecule has 1 aromatic rings. The molecule has 0 heterocycles. The van der Waals surface area contributed by atoms with Gasteiger partial charge in [0.05, 0.1) is 11.6 Å². The highest BCUT2D eigenvalue weighted by molar-refractivity contribution is 14.1. The summed E-state index contributed by atoms with van der Waals surface area (Å²) in [5.41, 5.74) is 1.80. The van der Waals surface area contributed by atoms with Gasteiger partial charge in [0, 0.05) is 8.47 Å². The van der Waals surface area contributed by atoms with E-state index in [1.54, 1.807) is 6.07 Å². The molecule has 1 rings (SSSR count). The number of rotatable bonds is 0. The third kappa shape index (κ3) is 1.88. The molecule has 0 aliphatic heterocycles. The van der Waals surface area contributed by atoms with Gasteiger partial charge in [-0.15, -0.1) is 12.6 Å². The Morgan fingerprint density at radius 2 is 2.18 bits per heavy atom. The van der Waals surface area contributed by atoms with Crippen molar-refractivity contribution >= 4 is 35.2 Å². The fourth-order valence-electron chi connectivity index (χ4n) is 0.729. The molecule has 0 unspecified atom stereocenters. The van der Waals surface area contributed by atoms with Crippen LogP contribution in [0.2, 0.25) is 0 Å². The summed E-state index contributed by atoms with van der Waals surface area (Å²) in [6.45, 7) is 1.99. The van der Waals surface area contributed by atoms with E-state index in [1.807, 2.05) is 13.0 Å². The van der Waals surface area contributed by atoms with Crippen molar-refractivity contribution in [3.8, 4) is 6.07 Å². The van der Waals surface area contributed by atoms with E-state index in [0.29, 0.717) is 5.56 Å². The van der Waals surface area contributed by atoms with Crippen LogP contribution in [0.3, 0.4) is 0 Å². The van der Waals surface area contributed by atoms with Gasteiger partial charge in [-0.05, 0) is 47.2 Å². The zero-order valence-electron chi connectivity index (χ0n) is 5.93. The van der Waals surface area contributed by atoms with Crippen molar-refractivity contribution in [1.29, 1.82) is 5.26 Å². The molecular formula is C8H6INS. The van der Waals surface area contributed by atoms with E-state index >= 15 is 0 Å². The summed E-state index contributed by atoms with van der Waals surface area (Å²) in [5, 5.41) is 8.59. The van der Waals surface area contributed by atoms with Crippen LogP contribution < -0.4 is 0 Å². The summed E-state index contributed by atoms with van der Waals surface area (Å²) in [7, 11) is 0. The summed E-state index contributed by atoms with van der Waals surface area (Å²) >= 11 is 6.43. The molecule has 0 saturated heterocycles. The Kier molecular flexibility index (Phi) is 2.79. The second-order valence-electron chi connectivity index (χ2n) is 2.21. The Hall–Kier alpha value is -0.210. The molecule has 0 saturated carbocycles. The van der Waals surface area contributed by atoms with E-state index in [4.69, 9.17) is 5.26 Å². The molecule has 0 fully saturated rings. The lowest BCUT2D eigenvalue weighted by atomic mass is 10.2. The van der Waals surface area contributed by atoms with Crippen LogP contribution in [0.4, 0.5) is 0 Å². The first kappa shape index (κ1) is 8.88. The highest BCUT2D eigenvalue weighted by Gasteiger charge is 2.00. The van der Waals surface area contributed by atoms with Gasteiger partial charge in [-0.25, -0.2) is 0 Å². The molecule has 0 spiro atoms. The summed E-state index contributed by atoms with van der Waals surface area (Å²) in [6.07, 6.45) is 0. The van der Waals surface area contributed by atoms with Crippen molar-refractivity contribution in [2.75, 3.05) is 0 Å². The Labute approximate surface area is 85.0 Å². The Morgan fingerprint density at radius 1 is 1.55 bits per heavy atom. The van der Waals surface area contributed by atoms with Gasteiger partial charge in [0.15, 0.2) is 0 Å². The van der Waals surface area contributed by atoms with Gasteiger partial charge in [0.1, 0.15) is 0 Å². The summed E-state index contributed by atoms with van der Waals surface area (Å²) in [6, 6.07) is 5.72. The predicted octanol–water partition coefficient (Wildman–Crippen LogP) is 2.76. The van der Waals surface area contributed by atoms with E-state index in [1.165, 1.54) is 0 Å². The normalized spacial score (nSPS) is 9.27. The zero-order valence-corrected chi connectivity index (χ0v) is 8.98. The third-order valence-electron chi connectivity index (χ3n) is 1.45. The SMILES string of the molecule is Cc1c(S)cc(C#N)cc1I. The van der Waals surface area contributed by atoms with Gasteiger partial charge in [0.2, 0.25) is 0 Å². The molecule has 0 radical (unpaired) electrons. The van der Waals surface area contributed by atoms with E-state index in [0.717, 1.165) is 14.0 Å². The number of nitriles is 1. The number of hydrogen-bond donors (Lipinski definition) is 1. The molecule has 56 valence electrons. The molecule has 0 amide bonds. The monoisotopic (exact) mass is 275 g/mol. The van der Waals surface area contributed by atoms with Crippen LogP contribution in [-0.4, -0.2) is 0 Å². The van der Waals surface area contributed by atoms with Gasteiger partial charge in [-0.2, -0.15) is 5.26 Å². The highest BCUT2D eigenvalue weighted by Crippen LogP contribution is 2.20. The predicted molar refractivity (Wildman–Crippen MR) is 55.9 cm³/mol. The van der Waals surface area contributed by atoms with Crippen molar-refractivity contribution in [1.82, 2.24) is 0 Å². The first-order chi connectivity index (χ1) is 5.15. The summed E-state index contributed by atoms with van der Waals surface area (Å²) in [5.74, 6) is 0. The number of benzene rings is 1. The summed E-state index contributed by atoms with van der Waals surface area (Å²) < 4.78 is 1.09. The standard InChI is InChI=1S/C8H6INS/c1-5-7(9)2-6(4-10)3-8(5)11/h2-3,11H,1H3. The molecule has 0 bridgehead atoms. The molecule has 1 nitrogen and oxygen atoms in total. The highest BCUT2D eigenvalue weighted by atomic mass is 127. The molecule has 3 heteroatoms. The van der Waals surface area contributed by atoms with Crippen molar-refractivity contribution in [3.05, 3.63) is 26.8 Å². The Balaban J connectivity index is 3.35. The van der Waals surface area contributed by atoms with Gasteiger partial charge in [-0.1, -0.05) is 0 Å². The molecule has 11 heavy (non-hydrogen) atoms. The molecular weight excluding hydrogens is 269 g/mol. The maximum Gasteiger partial charge on any atom is 0.0992 e. The Morgan fingerprint density at radius 3 is 2.64 bits per heavy atom. The van der Waals surface area contributed by atoms with Gasteiger partial charge >= 0.3 is 0 Å². The number of thiol groups is 1. The number of nitrogens with zero attached hydrogens (tertiary/aromatic N) is 1. The topological polar surface area (TPSA) is 23.8 Å². The van der Waals surface area contributed by atoms with Crippen LogP contribution in [0, 0.1) is 21.8 Å². The molecule has 0 N–H and O–H groups in total. The number of hydrogen-bond acceptors (Lipinski definition) is 2. The van der Waals surface area contributed by atoms with E-state index < -0.39 is 0 Å². The average Bonchev–Trinajstić information content (AvgIpc) is 1.99. The first-order valence-corrected chi connectivity index (χ1v) is 4.57. The minimum absolute atomic E-state index is 0.671. The van der Waals surface area contributed by atoms with E-state index in [9.17, 15) is 0 Å². The van der Waals surface area contributed by atoms with Crippen molar-refractivity contribution in [2.24, 2.45) is 0 Å². The minimum Gasteiger partial charge on any atom is -0.192 e. The van der Waals surface area contributed by atoms with Gasteiger partial charge in [0.25, 0.3) is 0 Å². The van der Waals surface area contributed by atoms with Gasteiger partial charge in [-0.3, -0.25) is 0 Å². The lowest BCUT2D eigenvalue weighted by Gasteiger charge is -2.01. The summed E-state index contributed by atoms with van der Waals surface area (Å²) in [4.78, 5) is 0.883. The van der Waals surface area contributed by atoms with Crippen LogP contribution in [0.1, 0.15) is 11.1 Å². The average molecular weight is 275 g/mol. The van der Waals surface area contributed by atoms with Crippen LogP contribution in [-0.2, 0) is 0 Å². The van der Waals surface area contributed by atoms with E-state index in [2.05, 4.69) is 41.3 Å². The van der Waals surface area contributed by atoms with Crippen molar-refractivity contribution in [3.63, 3.8) is 0 Å². The van der Waals surface area contributed by atoms with E-state index in [-0.39, 0.29) is 0 Å². The lowest BCUT2D eigenvalue weighted by Crippen LogP contribution is -1.84. The maximum atomic E-state index is 8.59. The fraction of sp³-hybridized carbons (Fsp3) is 0.125. The molecule has 1 aromatic carbocycles. The molecule has 0 atom stereocenters. The molecule has 0 aromatic heterocycles. The van der Waals surface area contributed by atoms with Gasteiger partial charge < -0.3 is 0 Å². The second kappa shape index (κ2) is 3.46. The zero-order chi connectivity index (χ0) is 8.43. The largest absolute Gasteiger partial charge is 0.192 e. The Bertz CT molecular complexity index is 304. The second-order valence-corrected chi connectivity index (χ2v) is 3.86. The smallest absolute Gasteiger partial charge is 0.0992 e. The lowest BCUT2D eigenvalue weighted by molar-refractivity contribution is 1.26. The van der Waals surface area contributed by atoms with Crippen LogP contribution in [0.25, 0.3) is 0 Å². The fourth-order valence-corrected chi connectivity index (χ4v) is 1.83. The van der Waals surface area contributed by atoms with Crippen LogP contribution in [0.15, 0.2) is 17.0 Å². The third-order valence-corrected chi connectivity index (χ3v) is 3.03. The van der Waals surface area contributed by atoms with Crippen LogP contribution in [0.5, 0.6) is 0 Å². The molecule has 0 aliphatic rings. The molecule has 0 aliphatic carbocycles. The van der Waals surface area contributed by atoms with Crippen LogP contribution >= 0.6 is 35.2 Å². The number of halogens is 1. The first-order valence-electron chi connectivity index (χ1n) is 3.04. The maximum absolute atomic E-state index is 8.59. The van der Waals surface area contributed by atoms with Crippen molar-refractivity contribution < 1.29 is 0 Å².